The highest BCUT2D eigenvalue weighted by atomic mass is 16.6. The topological polar surface area (TPSA) is 97.0 Å². The number of rotatable bonds is 10. The van der Waals surface area contributed by atoms with Crippen LogP contribution in [0, 0.1) is 12.8 Å². The van der Waals surface area contributed by atoms with E-state index in [2.05, 4.69) is 10.6 Å². The Balaban J connectivity index is 1.97. The van der Waals surface area contributed by atoms with Crippen LogP contribution in [0.15, 0.2) is 48.5 Å². The number of hydrogen-bond donors (Lipinski definition) is 2. The van der Waals surface area contributed by atoms with Crippen molar-refractivity contribution in [3.05, 3.63) is 59.7 Å². The number of nitrogens with zero attached hydrogens (tertiary/aromatic N) is 1. The number of hydrogen-bond acceptors (Lipinski definition) is 5. The minimum Gasteiger partial charge on any atom is -0.497 e. The van der Waals surface area contributed by atoms with E-state index < -0.39 is 23.8 Å². The lowest BCUT2D eigenvalue weighted by atomic mass is 9.95. The highest BCUT2D eigenvalue weighted by Gasteiger charge is 2.45. The number of aryl methyl sites for hydroxylation is 1. The van der Waals surface area contributed by atoms with E-state index in [1.807, 2.05) is 45.0 Å². The Labute approximate surface area is 226 Å². The van der Waals surface area contributed by atoms with Gasteiger partial charge in [-0.3, -0.25) is 9.59 Å². The van der Waals surface area contributed by atoms with Gasteiger partial charge in [0, 0.05) is 11.7 Å². The lowest BCUT2D eigenvalue weighted by Crippen LogP contribution is -2.55. The molecule has 2 N–H and O–H groups in total. The van der Waals surface area contributed by atoms with Crippen LogP contribution in [-0.4, -0.2) is 47.6 Å². The van der Waals surface area contributed by atoms with Gasteiger partial charge in [-0.2, -0.15) is 0 Å². The van der Waals surface area contributed by atoms with Crippen molar-refractivity contribution in [3.63, 3.8) is 0 Å². The lowest BCUT2D eigenvalue weighted by Gasteiger charge is -2.36. The molecule has 2 aromatic carbocycles. The van der Waals surface area contributed by atoms with Crippen molar-refractivity contribution in [1.82, 2.24) is 10.2 Å². The van der Waals surface area contributed by atoms with Crippen LogP contribution < -0.4 is 15.4 Å². The van der Waals surface area contributed by atoms with Gasteiger partial charge >= 0.3 is 6.09 Å². The third-order valence-electron chi connectivity index (χ3n) is 6.62. The van der Waals surface area contributed by atoms with Gasteiger partial charge < -0.3 is 25.0 Å². The number of alkyl carbamates (subject to hydrolysis) is 1. The van der Waals surface area contributed by atoms with Gasteiger partial charge in [0.15, 0.2) is 0 Å². The molecule has 0 bridgehead atoms. The molecule has 38 heavy (non-hydrogen) atoms. The van der Waals surface area contributed by atoms with Crippen LogP contribution in [0.3, 0.4) is 0 Å². The number of ether oxygens (including phenoxy) is 2. The van der Waals surface area contributed by atoms with E-state index >= 15 is 0 Å². The van der Waals surface area contributed by atoms with Crippen LogP contribution in [0.25, 0.3) is 0 Å². The number of methoxy groups -OCH3 is 1. The van der Waals surface area contributed by atoms with E-state index in [0.717, 1.165) is 18.4 Å². The van der Waals surface area contributed by atoms with E-state index in [-0.39, 0.29) is 23.8 Å². The summed E-state index contributed by atoms with van der Waals surface area (Å²) in [6.45, 7) is 11.2. The summed E-state index contributed by atoms with van der Waals surface area (Å²) < 4.78 is 10.7. The molecule has 206 valence electrons. The molecule has 0 aliphatic heterocycles. The largest absolute Gasteiger partial charge is 0.497 e. The second-order valence-corrected chi connectivity index (χ2v) is 11.0. The Morgan fingerprint density at radius 1 is 1.03 bits per heavy atom. The van der Waals surface area contributed by atoms with Crippen molar-refractivity contribution < 1.29 is 23.9 Å². The van der Waals surface area contributed by atoms with Crippen LogP contribution in [0.2, 0.25) is 0 Å². The number of benzene rings is 2. The lowest BCUT2D eigenvalue weighted by molar-refractivity contribution is -0.142. The first-order valence-electron chi connectivity index (χ1n) is 13.3. The molecular formula is C30H41N3O5. The van der Waals surface area contributed by atoms with Gasteiger partial charge in [0.1, 0.15) is 23.4 Å². The van der Waals surface area contributed by atoms with Gasteiger partial charge in [-0.1, -0.05) is 50.1 Å². The monoisotopic (exact) mass is 523 g/mol. The molecule has 3 unspecified atom stereocenters. The maximum Gasteiger partial charge on any atom is 0.408 e. The van der Waals surface area contributed by atoms with Gasteiger partial charge in [-0.25, -0.2) is 4.79 Å². The Kier molecular flexibility index (Phi) is 9.41. The zero-order chi connectivity index (χ0) is 28.0. The first-order chi connectivity index (χ1) is 17.9. The Morgan fingerprint density at radius 2 is 1.63 bits per heavy atom. The molecule has 0 saturated heterocycles. The predicted octanol–water partition coefficient (Wildman–Crippen LogP) is 5.61. The maximum absolute atomic E-state index is 14.2. The van der Waals surface area contributed by atoms with E-state index in [1.165, 1.54) is 0 Å². The van der Waals surface area contributed by atoms with Crippen LogP contribution in [-0.2, 0) is 14.3 Å². The molecule has 0 spiro atoms. The van der Waals surface area contributed by atoms with Crippen LogP contribution in [0.4, 0.5) is 10.5 Å². The summed E-state index contributed by atoms with van der Waals surface area (Å²) in [6.07, 6.45) is 1.60. The smallest absolute Gasteiger partial charge is 0.408 e. The maximum atomic E-state index is 14.2. The SMILES string of the molecule is CCC(C)C(NC(=O)OC(C)(C)C)C(=O)N(C1CC1)C(C(=O)Nc1ccc(OC)cc1)c1ccc(C)cc1. The number of anilines is 1. The number of carbonyl (C=O) groups is 3. The molecule has 0 radical (unpaired) electrons. The van der Waals surface area contributed by atoms with Crippen molar-refractivity contribution in [3.8, 4) is 5.75 Å². The molecule has 0 heterocycles. The molecule has 8 heteroatoms. The molecule has 0 aromatic heterocycles. The predicted molar refractivity (Wildman–Crippen MR) is 148 cm³/mol. The van der Waals surface area contributed by atoms with Gasteiger partial charge in [0.2, 0.25) is 5.91 Å². The normalized spacial score (nSPS) is 15.6. The summed E-state index contributed by atoms with van der Waals surface area (Å²) in [5.41, 5.74) is 1.66. The third kappa shape index (κ3) is 7.73. The average molecular weight is 524 g/mol. The van der Waals surface area contributed by atoms with E-state index in [4.69, 9.17) is 9.47 Å². The molecule has 3 amide bonds. The number of amides is 3. The zero-order valence-corrected chi connectivity index (χ0v) is 23.5. The molecule has 1 saturated carbocycles. The second kappa shape index (κ2) is 12.3. The molecular weight excluding hydrogens is 482 g/mol. The number of carbonyl (C=O) groups excluding carboxylic acids is 3. The van der Waals surface area contributed by atoms with Crippen molar-refractivity contribution in [1.29, 1.82) is 0 Å². The number of nitrogens with one attached hydrogen (secondary N) is 2. The minimum absolute atomic E-state index is 0.0950. The van der Waals surface area contributed by atoms with Gasteiger partial charge in [0.05, 0.1) is 7.11 Å². The molecule has 1 aliphatic carbocycles. The first kappa shape index (κ1) is 29.0. The van der Waals surface area contributed by atoms with E-state index in [9.17, 15) is 14.4 Å². The molecule has 1 fully saturated rings. The molecule has 1 aliphatic rings. The summed E-state index contributed by atoms with van der Waals surface area (Å²) >= 11 is 0. The minimum atomic E-state index is -0.871. The fourth-order valence-electron chi connectivity index (χ4n) is 4.22. The van der Waals surface area contributed by atoms with E-state index in [1.54, 1.807) is 57.0 Å². The van der Waals surface area contributed by atoms with Crippen LogP contribution >= 0.6 is 0 Å². The van der Waals surface area contributed by atoms with E-state index in [0.29, 0.717) is 23.4 Å². The van der Waals surface area contributed by atoms with Crippen molar-refractivity contribution in [2.24, 2.45) is 5.92 Å². The fraction of sp³-hybridized carbons (Fsp3) is 0.500. The quantitative estimate of drug-likeness (QED) is 0.422. The zero-order valence-electron chi connectivity index (χ0n) is 23.5. The average Bonchev–Trinajstić information content (AvgIpc) is 3.70. The van der Waals surface area contributed by atoms with Crippen molar-refractivity contribution in [2.75, 3.05) is 12.4 Å². The highest BCUT2D eigenvalue weighted by Crippen LogP contribution is 2.37. The summed E-state index contributed by atoms with van der Waals surface area (Å²) in [7, 11) is 1.58. The summed E-state index contributed by atoms with van der Waals surface area (Å²) in [5, 5.41) is 5.78. The Hall–Kier alpha value is -3.55. The molecule has 8 nitrogen and oxygen atoms in total. The van der Waals surface area contributed by atoms with Crippen LogP contribution in [0.5, 0.6) is 5.75 Å². The molecule has 3 atom stereocenters. The van der Waals surface area contributed by atoms with Crippen molar-refractivity contribution >= 4 is 23.6 Å². The van der Waals surface area contributed by atoms with Crippen molar-refractivity contribution in [2.45, 2.75) is 84.5 Å². The Bertz CT molecular complexity index is 1100. The first-order valence-corrected chi connectivity index (χ1v) is 13.3. The second-order valence-electron chi connectivity index (χ2n) is 11.0. The summed E-state index contributed by atoms with van der Waals surface area (Å²) in [5.74, 6) is -0.0975. The summed E-state index contributed by atoms with van der Waals surface area (Å²) in [4.78, 5) is 42.4. The standard InChI is InChI=1S/C30H41N3O5/c1-8-20(3)25(32-29(36)38-30(4,5)6)28(35)33(23-15-16-23)26(21-11-9-19(2)10-12-21)27(34)31-22-13-17-24(37-7)18-14-22/h9-14,17-18,20,23,25-26H,8,15-16H2,1-7H3,(H,31,34)(H,32,36). The van der Waals surface area contributed by atoms with Gasteiger partial charge in [-0.15, -0.1) is 0 Å². The third-order valence-corrected chi connectivity index (χ3v) is 6.62. The molecule has 2 aromatic rings. The van der Waals surface area contributed by atoms with Gasteiger partial charge in [-0.05, 0) is 76.3 Å². The fourth-order valence-corrected chi connectivity index (χ4v) is 4.22. The highest BCUT2D eigenvalue weighted by molar-refractivity contribution is 5.99. The summed E-state index contributed by atoms with van der Waals surface area (Å²) in [6, 6.07) is 12.9. The van der Waals surface area contributed by atoms with Gasteiger partial charge in [0.25, 0.3) is 5.91 Å². The van der Waals surface area contributed by atoms with Crippen LogP contribution in [0.1, 0.15) is 71.0 Å². The molecule has 3 rings (SSSR count). The Morgan fingerprint density at radius 3 is 2.13 bits per heavy atom.